The first-order valence-corrected chi connectivity index (χ1v) is 21.5. The largest absolute Gasteiger partial charge is 0.429 e. The van der Waals surface area contributed by atoms with Crippen LogP contribution >= 0.6 is 0 Å². The molecule has 0 N–H and O–H groups in total. The summed E-state index contributed by atoms with van der Waals surface area (Å²) in [5, 5.41) is 0. The summed E-state index contributed by atoms with van der Waals surface area (Å²) in [6.07, 6.45) is 0. The van der Waals surface area contributed by atoms with Crippen LogP contribution in [0.5, 0.6) is 0 Å². The molecule has 11 aromatic rings. The third-order valence-electron chi connectivity index (χ3n) is 12.7. The monoisotopic (exact) mass is 804 g/mol. The van der Waals surface area contributed by atoms with Gasteiger partial charge in [0.1, 0.15) is 0 Å². The van der Waals surface area contributed by atoms with Gasteiger partial charge in [-0.3, -0.25) is 9.80 Å². The number of para-hydroxylation sites is 6. The van der Waals surface area contributed by atoms with Crippen LogP contribution in [0.1, 0.15) is 0 Å². The zero-order valence-corrected chi connectivity index (χ0v) is 34.1. The van der Waals surface area contributed by atoms with E-state index in [1.165, 1.54) is 0 Å². The molecule has 63 heavy (non-hydrogen) atoms. The first-order chi connectivity index (χ1) is 31.3. The second-order valence-electron chi connectivity index (χ2n) is 16.2. The Hall–Kier alpha value is -8.42. The Kier molecular flexibility index (Phi) is 7.90. The van der Waals surface area contributed by atoms with Crippen LogP contribution in [0.2, 0.25) is 0 Å². The minimum Gasteiger partial charge on any atom is -0.329 e. The zero-order valence-electron chi connectivity index (χ0n) is 34.1. The summed E-state index contributed by atoms with van der Waals surface area (Å²) in [6, 6.07) is 80.3. The Balaban J connectivity index is 1.19. The molecule has 13 rings (SSSR count). The second-order valence-corrected chi connectivity index (χ2v) is 16.2. The molecular formula is C56H37BN6. The fraction of sp³-hybridized carbons (Fsp3) is 0. The minimum absolute atomic E-state index is 0.318. The highest BCUT2D eigenvalue weighted by atomic mass is 15.4. The normalized spacial score (nSPS) is 12.7. The van der Waals surface area contributed by atoms with Crippen LogP contribution in [-0.2, 0) is 0 Å². The lowest BCUT2D eigenvalue weighted by atomic mass is 9.62. The van der Waals surface area contributed by atoms with Crippen LogP contribution in [-0.4, -0.2) is 25.9 Å². The molecule has 2 aliphatic rings. The summed E-state index contributed by atoms with van der Waals surface area (Å²) in [4.78, 5) is 16.1. The Morgan fingerprint density at radius 1 is 0.302 bits per heavy atom. The van der Waals surface area contributed by atoms with Crippen molar-refractivity contribution in [1.29, 1.82) is 0 Å². The van der Waals surface area contributed by atoms with Crippen LogP contribution in [0, 0.1) is 0 Å². The van der Waals surface area contributed by atoms with E-state index < -0.39 is 0 Å². The predicted molar refractivity (Wildman–Crippen MR) is 260 cm³/mol. The van der Waals surface area contributed by atoms with E-state index in [2.05, 4.69) is 243 Å². The quantitative estimate of drug-likeness (QED) is 0.157. The lowest BCUT2D eigenvalue weighted by Crippen LogP contribution is -2.55. The number of fused-ring (bicyclic) bond motifs is 8. The third-order valence-corrected chi connectivity index (χ3v) is 12.7. The van der Waals surface area contributed by atoms with Gasteiger partial charge in [-0.05, 0) is 58.7 Å². The molecule has 9 aromatic carbocycles. The highest BCUT2D eigenvalue weighted by molar-refractivity contribution is 6.77. The van der Waals surface area contributed by atoms with Gasteiger partial charge in [-0.25, -0.2) is 9.97 Å². The number of rotatable bonds is 6. The van der Waals surface area contributed by atoms with E-state index in [4.69, 9.17) is 9.97 Å². The SMILES string of the molecule is c1ccc(-c2cccc(-c3ccccc3)c2N2c3cccc4c3B(n3c2nc2ccccc23)n2c(nc3ccccc32)N4c2c(-c3ccccc3)cccc2-c2ccccc2)cc1. The van der Waals surface area contributed by atoms with Gasteiger partial charge >= 0.3 is 6.98 Å². The molecule has 0 bridgehead atoms. The number of aromatic nitrogens is 4. The molecule has 294 valence electrons. The van der Waals surface area contributed by atoms with Crippen molar-refractivity contribution in [3.63, 3.8) is 0 Å². The summed E-state index contributed by atoms with van der Waals surface area (Å²) >= 11 is 0. The van der Waals surface area contributed by atoms with Gasteiger partial charge in [-0.2, -0.15) is 0 Å². The Morgan fingerprint density at radius 2 is 0.619 bits per heavy atom. The molecule has 0 spiro atoms. The molecule has 7 heteroatoms. The molecule has 0 aliphatic carbocycles. The van der Waals surface area contributed by atoms with Crippen LogP contribution in [0.4, 0.5) is 34.6 Å². The molecule has 0 saturated heterocycles. The zero-order chi connectivity index (χ0) is 41.4. The average Bonchev–Trinajstić information content (AvgIpc) is 3.94. The Bertz CT molecular complexity index is 3180. The Morgan fingerprint density at radius 3 is 0.984 bits per heavy atom. The molecule has 0 fully saturated rings. The summed E-state index contributed by atoms with van der Waals surface area (Å²) in [6.45, 7) is -0.318. The number of nitrogens with zero attached hydrogens (tertiary/aromatic N) is 6. The van der Waals surface area contributed by atoms with Gasteiger partial charge in [0.2, 0.25) is 11.9 Å². The first-order valence-electron chi connectivity index (χ1n) is 21.5. The van der Waals surface area contributed by atoms with Crippen molar-refractivity contribution >= 4 is 69.2 Å². The summed E-state index contributed by atoms with van der Waals surface area (Å²) in [5.74, 6) is 1.69. The fourth-order valence-electron chi connectivity index (χ4n) is 10.1. The number of hydrogen-bond donors (Lipinski definition) is 0. The molecular weight excluding hydrogens is 767 g/mol. The maximum atomic E-state index is 5.60. The van der Waals surface area contributed by atoms with Crippen LogP contribution in [0.3, 0.4) is 0 Å². The smallest absolute Gasteiger partial charge is 0.329 e. The van der Waals surface area contributed by atoms with Crippen molar-refractivity contribution in [1.82, 2.24) is 18.9 Å². The lowest BCUT2D eigenvalue weighted by Gasteiger charge is -2.43. The molecule has 0 atom stereocenters. The molecule has 2 aromatic heterocycles. The van der Waals surface area contributed by atoms with E-state index in [0.29, 0.717) is 0 Å². The second kappa shape index (κ2) is 14.1. The van der Waals surface area contributed by atoms with Crippen molar-refractivity contribution in [2.75, 3.05) is 9.80 Å². The molecule has 4 heterocycles. The predicted octanol–water partition coefficient (Wildman–Crippen LogP) is 13.4. The minimum atomic E-state index is -0.318. The fourth-order valence-corrected chi connectivity index (χ4v) is 10.1. The standard InChI is InChI=1S/C56H37BN6/c1-5-20-38(21-6-1)42-28-17-29-43(39-22-7-2-8-23-39)53(42)60-50-36-19-37-51-52(50)57(62-48-34-15-13-32-46(48)58-55(60)62)63-49-35-16-14-33-47(49)59-56(63)61(51)54-44(40-24-9-3-10-25-40)30-18-31-45(54)41-26-11-4-12-27-41/h1-37H. The lowest BCUT2D eigenvalue weighted by molar-refractivity contribution is 0.999. The molecule has 0 saturated carbocycles. The van der Waals surface area contributed by atoms with Gasteiger partial charge in [0.15, 0.2) is 0 Å². The van der Waals surface area contributed by atoms with Gasteiger partial charge < -0.3 is 8.96 Å². The Labute approximate surface area is 365 Å². The number of hydrogen-bond acceptors (Lipinski definition) is 4. The van der Waals surface area contributed by atoms with Crippen LogP contribution < -0.4 is 15.3 Å². The summed E-state index contributed by atoms with van der Waals surface area (Å²) in [7, 11) is 0. The maximum absolute atomic E-state index is 5.60. The first kappa shape index (κ1) is 35.4. The van der Waals surface area contributed by atoms with Gasteiger partial charge in [-0.1, -0.05) is 188 Å². The van der Waals surface area contributed by atoms with Crippen molar-refractivity contribution in [3.8, 4) is 44.5 Å². The van der Waals surface area contributed by atoms with E-state index in [1.807, 2.05) is 0 Å². The third kappa shape index (κ3) is 5.33. The van der Waals surface area contributed by atoms with Crippen molar-refractivity contribution in [2.24, 2.45) is 0 Å². The van der Waals surface area contributed by atoms with E-state index in [1.54, 1.807) is 0 Å². The molecule has 0 amide bonds. The summed E-state index contributed by atoms with van der Waals surface area (Å²) in [5.41, 5.74) is 18.4. The van der Waals surface area contributed by atoms with E-state index in [0.717, 1.165) is 107 Å². The highest BCUT2D eigenvalue weighted by Crippen LogP contribution is 2.53. The molecule has 6 nitrogen and oxygen atoms in total. The highest BCUT2D eigenvalue weighted by Gasteiger charge is 2.48. The van der Waals surface area contributed by atoms with Crippen molar-refractivity contribution < 1.29 is 0 Å². The van der Waals surface area contributed by atoms with Crippen LogP contribution in [0.25, 0.3) is 66.6 Å². The van der Waals surface area contributed by atoms with E-state index in [9.17, 15) is 0 Å². The molecule has 0 unspecified atom stereocenters. The van der Waals surface area contributed by atoms with Gasteiger partial charge in [-0.15, -0.1) is 0 Å². The topological polar surface area (TPSA) is 42.1 Å². The van der Waals surface area contributed by atoms with Crippen LogP contribution in [0.15, 0.2) is 224 Å². The van der Waals surface area contributed by atoms with Crippen molar-refractivity contribution in [3.05, 3.63) is 224 Å². The van der Waals surface area contributed by atoms with E-state index >= 15 is 0 Å². The average molecular weight is 805 g/mol. The van der Waals surface area contributed by atoms with Gasteiger partial charge in [0.05, 0.1) is 33.4 Å². The summed E-state index contributed by atoms with van der Waals surface area (Å²) < 4.78 is 4.90. The van der Waals surface area contributed by atoms with Gasteiger partial charge in [0, 0.05) is 39.1 Å². The van der Waals surface area contributed by atoms with Crippen molar-refractivity contribution in [2.45, 2.75) is 0 Å². The van der Waals surface area contributed by atoms with E-state index in [-0.39, 0.29) is 6.98 Å². The molecule has 0 radical (unpaired) electrons. The number of imidazole rings is 2. The maximum Gasteiger partial charge on any atom is 0.429 e. The number of benzene rings is 9. The molecule has 2 aliphatic heterocycles. The van der Waals surface area contributed by atoms with Gasteiger partial charge in [0.25, 0.3) is 0 Å². The number of anilines is 6.